The fourth-order valence-electron chi connectivity index (χ4n) is 3.85. The lowest BCUT2D eigenvalue weighted by Gasteiger charge is -2.34. The molecule has 0 saturated carbocycles. The Morgan fingerprint density at radius 2 is 2.06 bits per heavy atom. The molecule has 0 spiro atoms. The molecule has 4 aromatic rings. The molecular weight excluding hydrogens is 418 g/mol. The third-order valence-corrected chi connectivity index (χ3v) is 5.65. The summed E-state index contributed by atoms with van der Waals surface area (Å²) in [5.74, 6) is -0.552. The molecule has 8 nitrogen and oxygen atoms in total. The molecule has 9 heteroatoms. The first kappa shape index (κ1) is 19.7. The average molecular weight is 438 g/mol. The molecule has 1 aromatic carbocycles. The molecule has 1 aliphatic rings. The van der Waals surface area contributed by atoms with Crippen molar-refractivity contribution in [3.63, 3.8) is 0 Å². The number of aromatic amines is 1. The number of rotatable bonds is 3. The van der Waals surface area contributed by atoms with Gasteiger partial charge in [-0.25, -0.2) is 4.98 Å². The summed E-state index contributed by atoms with van der Waals surface area (Å²) in [5.41, 5.74) is 1.86. The normalized spacial score (nSPS) is 16.5. The lowest BCUT2D eigenvalue weighted by Crippen LogP contribution is -2.41. The van der Waals surface area contributed by atoms with E-state index in [0.29, 0.717) is 18.7 Å². The van der Waals surface area contributed by atoms with Gasteiger partial charge in [0.2, 0.25) is 11.7 Å². The summed E-state index contributed by atoms with van der Waals surface area (Å²) in [6.45, 7) is 3.45. The maximum absolute atomic E-state index is 13.5. The zero-order chi connectivity index (χ0) is 21.8. The number of para-hydroxylation sites is 1. The highest BCUT2D eigenvalue weighted by Gasteiger charge is 2.38. The van der Waals surface area contributed by atoms with Gasteiger partial charge < -0.3 is 19.4 Å². The number of H-pyrrole nitrogens is 1. The molecule has 0 unspecified atom stereocenters. The maximum atomic E-state index is 13.5. The Kier molecular flexibility index (Phi) is 4.56. The van der Waals surface area contributed by atoms with E-state index in [1.807, 2.05) is 36.4 Å². The zero-order valence-corrected chi connectivity index (χ0v) is 17.7. The predicted octanol–water partition coefficient (Wildman–Crippen LogP) is 3.61. The van der Waals surface area contributed by atoms with Crippen LogP contribution in [0, 0.1) is 0 Å². The predicted molar refractivity (Wildman–Crippen MR) is 114 cm³/mol. The number of carbonyl (C=O) groups is 1. The van der Waals surface area contributed by atoms with Gasteiger partial charge in [-0.05, 0) is 26.0 Å². The van der Waals surface area contributed by atoms with E-state index >= 15 is 0 Å². The molecule has 1 aliphatic heterocycles. The van der Waals surface area contributed by atoms with Crippen LogP contribution in [-0.4, -0.2) is 42.4 Å². The van der Waals surface area contributed by atoms with E-state index in [0.717, 1.165) is 22.3 Å². The summed E-state index contributed by atoms with van der Waals surface area (Å²) >= 11 is 6.22. The van der Waals surface area contributed by atoms with Crippen LogP contribution in [-0.2, 0) is 12.0 Å². The van der Waals surface area contributed by atoms with Gasteiger partial charge in [-0.1, -0.05) is 35.9 Å². The fourth-order valence-corrected chi connectivity index (χ4v) is 4.05. The molecule has 31 heavy (non-hydrogen) atoms. The molecule has 158 valence electrons. The van der Waals surface area contributed by atoms with Crippen molar-refractivity contribution >= 4 is 28.4 Å². The summed E-state index contributed by atoms with van der Waals surface area (Å²) in [5, 5.41) is 11.1. The molecule has 0 bridgehead atoms. The van der Waals surface area contributed by atoms with Gasteiger partial charge in [-0.2, -0.15) is 4.98 Å². The number of halogens is 1. The number of nitrogens with zero attached hydrogens (tertiary/aromatic N) is 4. The third kappa shape index (κ3) is 3.37. The lowest BCUT2D eigenvalue weighted by atomic mass is 9.98. The van der Waals surface area contributed by atoms with Crippen molar-refractivity contribution < 1.29 is 14.3 Å². The number of oxazole rings is 1. The number of carbonyl (C=O) groups excluding carboxylic acids is 1. The Hall–Kier alpha value is -3.23. The molecule has 3 aromatic heterocycles. The Morgan fingerprint density at radius 3 is 2.84 bits per heavy atom. The number of pyridine rings is 1. The van der Waals surface area contributed by atoms with Crippen molar-refractivity contribution in [1.29, 1.82) is 0 Å². The molecule has 0 saturated heterocycles. The van der Waals surface area contributed by atoms with Crippen LogP contribution in [0.15, 0.2) is 47.1 Å². The Labute approximate surface area is 182 Å². The van der Waals surface area contributed by atoms with Crippen LogP contribution in [0.1, 0.15) is 53.4 Å². The summed E-state index contributed by atoms with van der Waals surface area (Å²) < 4.78 is 5.58. The number of hydrogen-bond donors (Lipinski definition) is 2. The summed E-state index contributed by atoms with van der Waals surface area (Å²) in [6, 6.07) is 11.2. The van der Waals surface area contributed by atoms with E-state index in [1.54, 1.807) is 11.2 Å². The second-order valence-electron chi connectivity index (χ2n) is 8.04. The van der Waals surface area contributed by atoms with Crippen molar-refractivity contribution in [3.8, 4) is 0 Å². The Bertz CT molecular complexity index is 1290. The SMILES string of the molecule is CC(C)(O)c1nc(Cl)c(C(=O)N2CCc3[nH]cnc3[C@H]2c2ccc3ccccc3n2)o1. The number of amides is 1. The zero-order valence-electron chi connectivity index (χ0n) is 17.0. The van der Waals surface area contributed by atoms with E-state index < -0.39 is 17.6 Å². The summed E-state index contributed by atoms with van der Waals surface area (Å²) in [7, 11) is 0. The van der Waals surface area contributed by atoms with E-state index in [4.69, 9.17) is 21.0 Å². The van der Waals surface area contributed by atoms with Gasteiger partial charge in [-0.3, -0.25) is 9.78 Å². The lowest BCUT2D eigenvalue weighted by molar-refractivity contribution is 0.0440. The highest BCUT2D eigenvalue weighted by molar-refractivity contribution is 6.32. The van der Waals surface area contributed by atoms with Gasteiger partial charge in [0.15, 0.2) is 5.15 Å². The van der Waals surface area contributed by atoms with Crippen LogP contribution in [0.3, 0.4) is 0 Å². The molecule has 4 heterocycles. The number of benzene rings is 1. The number of aromatic nitrogens is 4. The highest BCUT2D eigenvalue weighted by atomic mass is 35.5. The Morgan fingerprint density at radius 1 is 1.26 bits per heavy atom. The van der Waals surface area contributed by atoms with Crippen LogP contribution in [0.2, 0.25) is 5.15 Å². The van der Waals surface area contributed by atoms with Crippen molar-refractivity contribution in [1.82, 2.24) is 24.8 Å². The van der Waals surface area contributed by atoms with Crippen molar-refractivity contribution in [3.05, 3.63) is 76.6 Å². The van der Waals surface area contributed by atoms with Gasteiger partial charge >= 0.3 is 0 Å². The van der Waals surface area contributed by atoms with Crippen molar-refractivity contribution in [2.75, 3.05) is 6.54 Å². The highest BCUT2D eigenvalue weighted by Crippen LogP contribution is 2.36. The smallest absolute Gasteiger partial charge is 0.293 e. The number of imidazole rings is 1. The molecule has 0 fully saturated rings. The third-order valence-electron chi connectivity index (χ3n) is 5.39. The molecule has 0 aliphatic carbocycles. The van der Waals surface area contributed by atoms with Crippen LogP contribution < -0.4 is 0 Å². The van der Waals surface area contributed by atoms with Gasteiger partial charge in [0.05, 0.1) is 23.2 Å². The van der Waals surface area contributed by atoms with Crippen LogP contribution in [0.25, 0.3) is 10.9 Å². The largest absolute Gasteiger partial charge is 0.431 e. The summed E-state index contributed by atoms with van der Waals surface area (Å²) in [6.07, 6.45) is 2.23. The minimum absolute atomic E-state index is 0.0151. The fraction of sp³-hybridized carbons (Fsp3) is 0.273. The second kappa shape index (κ2) is 7.18. The van der Waals surface area contributed by atoms with Gasteiger partial charge in [0, 0.05) is 24.0 Å². The second-order valence-corrected chi connectivity index (χ2v) is 8.40. The minimum atomic E-state index is -1.36. The van der Waals surface area contributed by atoms with Crippen molar-refractivity contribution in [2.24, 2.45) is 0 Å². The minimum Gasteiger partial charge on any atom is -0.431 e. The van der Waals surface area contributed by atoms with Crippen molar-refractivity contribution in [2.45, 2.75) is 31.9 Å². The van der Waals surface area contributed by atoms with Crippen LogP contribution in [0.5, 0.6) is 0 Å². The quantitative estimate of drug-likeness (QED) is 0.506. The molecule has 1 amide bonds. The van der Waals surface area contributed by atoms with E-state index in [1.165, 1.54) is 13.8 Å². The number of aliphatic hydroxyl groups is 1. The topological polar surface area (TPSA) is 108 Å². The van der Waals surface area contributed by atoms with E-state index in [2.05, 4.69) is 15.0 Å². The molecule has 0 radical (unpaired) electrons. The standard InChI is InChI=1S/C22H20ClN5O3/c1-22(2,30)21-27-19(23)18(31-21)20(29)28-10-9-14-16(25-11-24-14)17(28)15-8-7-12-5-3-4-6-13(12)26-15/h3-8,11,17,30H,9-10H2,1-2H3,(H,24,25)/t17-/m1/s1. The monoisotopic (exact) mass is 437 g/mol. The first-order valence-electron chi connectivity index (χ1n) is 9.91. The first-order chi connectivity index (χ1) is 14.8. The molecular formula is C22H20ClN5O3. The van der Waals surface area contributed by atoms with Gasteiger partial charge in [0.1, 0.15) is 11.6 Å². The van der Waals surface area contributed by atoms with E-state index in [9.17, 15) is 9.90 Å². The number of fused-ring (bicyclic) bond motifs is 2. The molecule has 2 N–H and O–H groups in total. The van der Waals surface area contributed by atoms with E-state index in [-0.39, 0.29) is 16.8 Å². The molecule has 1 atom stereocenters. The number of hydrogen-bond acceptors (Lipinski definition) is 6. The summed E-state index contributed by atoms with van der Waals surface area (Å²) in [4.78, 5) is 31.6. The van der Waals surface area contributed by atoms with Gasteiger partial charge in [-0.15, -0.1) is 0 Å². The Balaban J connectivity index is 1.60. The first-order valence-corrected chi connectivity index (χ1v) is 10.3. The molecule has 5 rings (SSSR count). The van der Waals surface area contributed by atoms with Gasteiger partial charge in [0.25, 0.3) is 5.91 Å². The van der Waals surface area contributed by atoms with Crippen LogP contribution >= 0.6 is 11.6 Å². The number of nitrogens with one attached hydrogen (secondary N) is 1. The van der Waals surface area contributed by atoms with Crippen LogP contribution in [0.4, 0.5) is 0 Å². The average Bonchev–Trinajstić information content (AvgIpc) is 3.38. The maximum Gasteiger partial charge on any atom is 0.293 e.